The second-order valence-corrected chi connectivity index (χ2v) is 12.2. The van der Waals surface area contributed by atoms with E-state index in [4.69, 9.17) is 9.31 Å². The first-order valence-electron chi connectivity index (χ1n) is 13.5. The number of hydrogen-bond donors (Lipinski definition) is 0. The monoisotopic (exact) mass is 503 g/mol. The zero-order valence-corrected chi connectivity index (χ0v) is 23.7. The maximum atomic E-state index is 6.42. The molecular formula is C34H38BNO2. The Labute approximate surface area is 228 Å². The minimum absolute atomic E-state index is 0.0930. The van der Waals surface area contributed by atoms with E-state index in [9.17, 15) is 0 Å². The molecule has 1 aliphatic heterocycles. The highest BCUT2D eigenvalue weighted by Crippen LogP contribution is 2.42. The summed E-state index contributed by atoms with van der Waals surface area (Å²) in [6, 6.07) is 36.6. The van der Waals surface area contributed by atoms with Gasteiger partial charge in [-0.3, -0.25) is 0 Å². The Bertz CT molecular complexity index is 1370. The van der Waals surface area contributed by atoms with Crippen molar-refractivity contribution in [3.63, 3.8) is 0 Å². The van der Waals surface area contributed by atoms with Gasteiger partial charge in [-0.25, -0.2) is 0 Å². The van der Waals surface area contributed by atoms with E-state index in [1.807, 2.05) is 0 Å². The lowest BCUT2D eigenvalue weighted by Crippen LogP contribution is -2.41. The minimum Gasteiger partial charge on any atom is -0.399 e. The van der Waals surface area contributed by atoms with E-state index in [2.05, 4.69) is 156 Å². The Morgan fingerprint density at radius 3 is 1.71 bits per heavy atom. The van der Waals surface area contributed by atoms with Crippen LogP contribution in [0.2, 0.25) is 0 Å². The van der Waals surface area contributed by atoms with Gasteiger partial charge in [0.2, 0.25) is 0 Å². The predicted octanol–water partition coefficient (Wildman–Crippen LogP) is 8.42. The molecule has 0 N–H and O–H groups in total. The van der Waals surface area contributed by atoms with E-state index < -0.39 is 18.3 Å². The van der Waals surface area contributed by atoms with Crippen LogP contribution in [0.15, 0.2) is 103 Å². The molecule has 0 radical (unpaired) electrons. The Balaban J connectivity index is 1.67. The average Bonchev–Trinajstić information content (AvgIpc) is 3.12. The molecule has 0 aliphatic carbocycles. The molecule has 0 unspecified atom stereocenters. The van der Waals surface area contributed by atoms with Gasteiger partial charge in [-0.2, -0.15) is 0 Å². The standard InChI is InChI=1S/C34H38BNO2/c1-32(2,3)26-18-21-29(22-19-26)36(28-16-12-9-13-17-28)31-23-20-27(24-30(31)25-14-10-8-11-15-25)35-37-33(4,5)34(6,7)38-35/h8-24H,1-7H3. The molecule has 1 aliphatic rings. The largest absolute Gasteiger partial charge is 0.494 e. The van der Waals surface area contributed by atoms with Crippen LogP contribution in [0.3, 0.4) is 0 Å². The van der Waals surface area contributed by atoms with Crippen LogP contribution in [0.1, 0.15) is 54.0 Å². The first-order chi connectivity index (χ1) is 18.0. The molecule has 0 aromatic heterocycles. The van der Waals surface area contributed by atoms with Gasteiger partial charge in [0.1, 0.15) is 0 Å². The summed E-state index contributed by atoms with van der Waals surface area (Å²) in [5.74, 6) is 0. The van der Waals surface area contributed by atoms with Crippen molar-refractivity contribution in [1.29, 1.82) is 0 Å². The summed E-state index contributed by atoms with van der Waals surface area (Å²) in [6.45, 7) is 15.1. The maximum absolute atomic E-state index is 6.42. The summed E-state index contributed by atoms with van der Waals surface area (Å²) in [7, 11) is -0.423. The lowest BCUT2D eigenvalue weighted by molar-refractivity contribution is 0.00578. The molecule has 4 aromatic carbocycles. The van der Waals surface area contributed by atoms with Crippen molar-refractivity contribution in [1.82, 2.24) is 0 Å². The topological polar surface area (TPSA) is 21.7 Å². The molecule has 1 fully saturated rings. The van der Waals surface area contributed by atoms with Crippen molar-refractivity contribution >= 4 is 29.6 Å². The van der Waals surface area contributed by atoms with E-state index in [1.165, 1.54) is 5.56 Å². The van der Waals surface area contributed by atoms with Crippen LogP contribution in [-0.4, -0.2) is 18.3 Å². The number of anilines is 3. The van der Waals surface area contributed by atoms with Crippen molar-refractivity contribution in [2.24, 2.45) is 0 Å². The summed E-state index contributed by atoms with van der Waals surface area (Å²) >= 11 is 0. The second-order valence-electron chi connectivity index (χ2n) is 12.2. The number of para-hydroxylation sites is 1. The van der Waals surface area contributed by atoms with Crippen molar-refractivity contribution in [3.8, 4) is 11.1 Å². The number of rotatable bonds is 5. The van der Waals surface area contributed by atoms with Crippen LogP contribution in [0, 0.1) is 0 Å². The van der Waals surface area contributed by atoms with Crippen LogP contribution >= 0.6 is 0 Å². The third-order valence-corrected chi connectivity index (χ3v) is 7.88. The highest BCUT2D eigenvalue weighted by atomic mass is 16.7. The summed E-state index contributed by atoms with van der Waals surface area (Å²) in [5, 5.41) is 0. The Hall–Kier alpha value is -3.34. The number of benzene rings is 4. The Morgan fingerprint density at radius 1 is 0.632 bits per heavy atom. The second kappa shape index (κ2) is 9.76. The molecule has 1 heterocycles. The molecule has 4 heteroatoms. The SMILES string of the molecule is CC(C)(C)c1ccc(N(c2ccccc2)c2ccc(B3OC(C)(C)C(C)(C)O3)cc2-c2ccccc2)cc1. The third kappa shape index (κ3) is 5.03. The lowest BCUT2D eigenvalue weighted by Gasteiger charge is -2.32. The Morgan fingerprint density at radius 2 is 1.16 bits per heavy atom. The summed E-state index contributed by atoms with van der Waals surface area (Å²) < 4.78 is 12.8. The van der Waals surface area contributed by atoms with Gasteiger partial charge in [-0.1, -0.05) is 93.6 Å². The van der Waals surface area contributed by atoms with Crippen LogP contribution in [0.25, 0.3) is 11.1 Å². The fourth-order valence-corrected chi connectivity index (χ4v) is 4.84. The van der Waals surface area contributed by atoms with E-state index >= 15 is 0 Å². The van der Waals surface area contributed by atoms with Crippen LogP contribution < -0.4 is 10.4 Å². The number of nitrogens with zero attached hydrogens (tertiary/aromatic N) is 1. The smallest absolute Gasteiger partial charge is 0.399 e. The van der Waals surface area contributed by atoms with E-state index in [1.54, 1.807) is 0 Å². The molecule has 194 valence electrons. The molecule has 3 nitrogen and oxygen atoms in total. The third-order valence-electron chi connectivity index (χ3n) is 7.88. The van der Waals surface area contributed by atoms with Gasteiger partial charge in [0.15, 0.2) is 0 Å². The molecule has 5 rings (SSSR count). The van der Waals surface area contributed by atoms with Crippen LogP contribution in [0.4, 0.5) is 17.1 Å². The molecule has 0 bridgehead atoms. The summed E-state index contributed by atoms with van der Waals surface area (Å²) in [6.07, 6.45) is 0. The molecule has 0 amide bonds. The quantitative estimate of drug-likeness (QED) is 0.255. The number of hydrogen-bond acceptors (Lipinski definition) is 3. The van der Waals surface area contributed by atoms with E-state index in [0.29, 0.717) is 0 Å². The van der Waals surface area contributed by atoms with Gasteiger partial charge in [0.25, 0.3) is 0 Å². The average molecular weight is 503 g/mol. The predicted molar refractivity (Wildman–Crippen MR) is 161 cm³/mol. The van der Waals surface area contributed by atoms with Gasteiger partial charge in [0, 0.05) is 16.9 Å². The van der Waals surface area contributed by atoms with Crippen molar-refractivity contribution < 1.29 is 9.31 Å². The van der Waals surface area contributed by atoms with Crippen molar-refractivity contribution in [3.05, 3.63) is 109 Å². The fourth-order valence-electron chi connectivity index (χ4n) is 4.84. The minimum atomic E-state index is -0.423. The molecular weight excluding hydrogens is 465 g/mol. The van der Waals surface area contributed by atoms with E-state index in [-0.39, 0.29) is 5.41 Å². The zero-order valence-electron chi connectivity index (χ0n) is 23.7. The highest BCUT2D eigenvalue weighted by Gasteiger charge is 2.51. The van der Waals surface area contributed by atoms with Crippen molar-refractivity contribution in [2.75, 3.05) is 4.90 Å². The zero-order chi connectivity index (χ0) is 27.1. The van der Waals surface area contributed by atoms with Gasteiger partial charge in [-0.05, 0) is 80.0 Å². The van der Waals surface area contributed by atoms with Crippen LogP contribution in [-0.2, 0) is 14.7 Å². The Kier molecular flexibility index (Phi) is 6.75. The molecule has 38 heavy (non-hydrogen) atoms. The summed E-state index contributed by atoms with van der Waals surface area (Å²) in [4.78, 5) is 2.34. The maximum Gasteiger partial charge on any atom is 0.494 e. The van der Waals surface area contributed by atoms with Crippen LogP contribution in [0.5, 0.6) is 0 Å². The van der Waals surface area contributed by atoms with Crippen molar-refractivity contribution in [2.45, 2.75) is 65.1 Å². The first kappa shape index (κ1) is 26.3. The molecule has 0 spiro atoms. The first-order valence-corrected chi connectivity index (χ1v) is 13.5. The van der Waals surface area contributed by atoms with Gasteiger partial charge in [0.05, 0.1) is 16.9 Å². The highest BCUT2D eigenvalue weighted by molar-refractivity contribution is 6.62. The lowest BCUT2D eigenvalue weighted by atomic mass is 9.77. The van der Waals surface area contributed by atoms with Gasteiger partial charge < -0.3 is 14.2 Å². The fraction of sp³-hybridized carbons (Fsp3) is 0.294. The molecule has 0 atom stereocenters. The molecule has 4 aromatic rings. The summed E-state index contributed by atoms with van der Waals surface area (Å²) in [5.41, 5.74) is 7.23. The molecule has 1 saturated heterocycles. The van der Waals surface area contributed by atoms with E-state index in [0.717, 1.165) is 33.7 Å². The van der Waals surface area contributed by atoms with Gasteiger partial charge >= 0.3 is 7.12 Å². The normalized spacial score (nSPS) is 16.4. The van der Waals surface area contributed by atoms with Gasteiger partial charge in [-0.15, -0.1) is 0 Å². The molecule has 0 saturated carbocycles.